The number of ether oxygens (including phenoxy) is 1. The van der Waals surface area contributed by atoms with Crippen LogP contribution in [-0.2, 0) is 4.74 Å². The molecule has 0 aliphatic heterocycles. The van der Waals surface area contributed by atoms with Crippen molar-refractivity contribution < 1.29 is 14.5 Å². The molecule has 0 saturated carbocycles. The molecule has 0 bridgehead atoms. The number of hydrogen-bond donors (Lipinski definition) is 0. The van der Waals surface area contributed by atoms with E-state index in [0.29, 0.717) is 22.3 Å². The lowest BCUT2D eigenvalue weighted by atomic mass is 10.2. The Hall–Kier alpha value is -1.22. The molecule has 0 N–H and O–H groups in total. The van der Waals surface area contributed by atoms with Crippen molar-refractivity contribution in [2.45, 2.75) is 0 Å². The first-order valence-corrected chi connectivity index (χ1v) is 6.23. The van der Waals surface area contributed by atoms with Crippen molar-refractivity contribution in [3.63, 3.8) is 0 Å². The number of methoxy groups -OCH3 is 1. The highest BCUT2D eigenvalue weighted by Crippen LogP contribution is 2.20. The summed E-state index contributed by atoms with van der Waals surface area (Å²) in [5, 5.41) is 10.7. The molecule has 6 nitrogen and oxygen atoms in total. The third kappa shape index (κ3) is 3.64. The van der Waals surface area contributed by atoms with Crippen LogP contribution in [0.5, 0.6) is 0 Å². The van der Waals surface area contributed by atoms with Crippen molar-refractivity contribution in [1.29, 1.82) is 0 Å². The third-order valence-electron chi connectivity index (χ3n) is 2.37. The van der Waals surface area contributed by atoms with Crippen LogP contribution in [0.4, 0.5) is 5.69 Å². The number of hydrogen-bond acceptors (Lipinski definition) is 4. The summed E-state index contributed by atoms with van der Waals surface area (Å²) in [6.45, 7) is 0.863. The van der Waals surface area contributed by atoms with Crippen LogP contribution in [0, 0.1) is 13.7 Å². The molecule has 0 fully saturated rings. The molecule has 0 atom stereocenters. The van der Waals surface area contributed by atoms with Gasteiger partial charge in [0.05, 0.1) is 17.1 Å². The molecule has 1 aromatic carbocycles. The van der Waals surface area contributed by atoms with Crippen LogP contribution in [0.3, 0.4) is 0 Å². The average molecular weight is 364 g/mol. The lowest BCUT2D eigenvalue weighted by Crippen LogP contribution is -2.30. The molecule has 0 spiro atoms. The summed E-state index contributed by atoms with van der Waals surface area (Å²) < 4.78 is 5.57. The van der Waals surface area contributed by atoms with E-state index in [9.17, 15) is 14.9 Å². The van der Waals surface area contributed by atoms with Crippen LogP contribution in [0.15, 0.2) is 18.2 Å². The van der Waals surface area contributed by atoms with Gasteiger partial charge in [0.1, 0.15) is 0 Å². The van der Waals surface area contributed by atoms with Crippen molar-refractivity contribution in [2.24, 2.45) is 0 Å². The van der Waals surface area contributed by atoms with E-state index in [1.54, 1.807) is 20.2 Å². The zero-order valence-corrected chi connectivity index (χ0v) is 12.2. The fourth-order valence-corrected chi connectivity index (χ4v) is 1.89. The van der Waals surface area contributed by atoms with Crippen molar-refractivity contribution in [3.8, 4) is 0 Å². The zero-order chi connectivity index (χ0) is 13.7. The fraction of sp³-hybridized carbons (Fsp3) is 0.364. The molecule has 98 valence electrons. The highest BCUT2D eigenvalue weighted by Gasteiger charge is 2.18. The van der Waals surface area contributed by atoms with Crippen LogP contribution in [0.1, 0.15) is 10.4 Å². The smallest absolute Gasteiger partial charge is 0.270 e. The fourth-order valence-electron chi connectivity index (χ4n) is 1.33. The van der Waals surface area contributed by atoms with Gasteiger partial charge in [-0.25, -0.2) is 0 Å². The van der Waals surface area contributed by atoms with E-state index >= 15 is 0 Å². The Morgan fingerprint density at radius 1 is 1.56 bits per heavy atom. The first-order chi connectivity index (χ1) is 8.47. The predicted molar refractivity (Wildman–Crippen MR) is 74.6 cm³/mol. The number of likely N-dealkylation sites (N-methyl/N-ethyl adjacent to an activating group) is 1. The van der Waals surface area contributed by atoms with Gasteiger partial charge in [0, 0.05) is 36.4 Å². The summed E-state index contributed by atoms with van der Waals surface area (Å²) in [7, 11) is 3.19. The SMILES string of the molecule is COCCN(C)C(=O)c1cc([N+](=O)[O-])ccc1I. The topological polar surface area (TPSA) is 72.7 Å². The molecule has 0 aliphatic carbocycles. The Balaban J connectivity index is 2.97. The number of carbonyl (C=O) groups excluding carboxylic acids is 1. The molecular formula is C11H13IN2O4. The van der Waals surface area contributed by atoms with Crippen molar-refractivity contribution >= 4 is 34.2 Å². The van der Waals surface area contributed by atoms with E-state index in [4.69, 9.17) is 4.74 Å². The highest BCUT2D eigenvalue weighted by molar-refractivity contribution is 14.1. The van der Waals surface area contributed by atoms with Gasteiger partial charge in [-0.3, -0.25) is 14.9 Å². The zero-order valence-electron chi connectivity index (χ0n) is 10.1. The number of nitro groups is 1. The number of rotatable bonds is 5. The van der Waals surface area contributed by atoms with Crippen LogP contribution in [-0.4, -0.2) is 43.0 Å². The van der Waals surface area contributed by atoms with E-state index < -0.39 is 4.92 Å². The number of benzene rings is 1. The monoisotopic (exact) mass is 364 g/mol. The molecule has 18 heavy (non-hydrogen) atoms. The quantitative estimate of drug-likeness (QED) is 0.455. The van der Waals surface area contributed by atoms with Crippen LogP contribution < -0.4 is 0 Å². The summed E-state index contributed by atoms with van der Waals surface area (Å²) in [6, 6.07) is 4.25. The van der Waals surface area contributed by atoms with Crippen molar-refractivity contribution in [2.75, 3.05) is 27.3 Å². The summed E-state index contributed by atoms with van der Waals surface area (Å²) >= 11 is 1.99. The number of amides is 1. The summed E-state index contributed by atoms with van der Waals surface area (Å²) in [5.74, 6) is -0.250. The molecule has 1 rings (SSSR count). The minimum Gasteiger partial charge on any atom is -0.383 e. The van der Waals surface area contributed by atoms with E-state index in [1.165, 1.54) is 17.0 Å². The predicted octanol–water partition coefficient (Wildman–Crippen LogP) is 1.92. The van der Waals surface area contributed by atoms with Crippen molar-refractivity contribution in [1.82, 2.24) is 4.90 Å². The first kappa shape index (κ1) is 14.8. The number of carbonyl (C=O) groups is 1. The van der Waals surface area contributed by atoms with Crippen LogP contribution in [0.2, 0.25) is 0 Å². The molecule has 0 saturated heterocycles. The first-order valence-electron chi connectivity index (χ1n) is 5.15. The van der Waals surface area contributed by atoms with Gasteiger partial charge in [-0.1, -0.05) is 0 Å². The van der Waals surface area contributed by atoms with Gasteiger partial charge >= 0.3 is 0 Å². The number of nitrogens with zero attached hydrogens (tertiary/aromatic N) is 2. The van der Waals surface area contributed by atoms with Crippen molar-refractivity contribution in [3.05, 3.63) is 37.4 Å². The highest BCUT2D eigenvalue weighted by atomic mass is 127. The molecule has 1 amide bonds. The van der Waals surface area contributed by atoms with E-state index in [2.05, 4.69) is 0 Å². The second kappa shape index (κ2) is 6.64. The molecule has 0 heterocycles. The normalized spacial score (nSPS) is 10.2. The molecule has 0 aliphatic rings. The molecule has 1 aromatic rings. The molecule has 0 radical (unpaired) electrons. The lowest BCUT2D eigenvalue weighted by Gasteiger charge is -2.17. The Kier molecular flexibility index (Phi) is 5.48. The standard InChI is InChI=1S/C11H13IN2O4/c1-13(5-6-18-2)11(15)9-7-8(14(16)17)3-4-10(9)12/h3-4,7H,5-6H2,1-2H3. The van der Waals surface area contributed by atoms with E-state index in [0.717, 1.165) is 0 Å². The number of halogens is 1. The second-order valence-corrected chi connectivity index (χ2v) is 4.80. The van der Waals surface area contributed by atoms with Gasteiger partial charge in [0.25, 0.3) is 11.6 Å². The minimum atomic E-state index is -0.512. The minimum absolute atomic E-state index is 0.0843. The summed E-state index contributed by atoms with van der Waals surface area (Å²) in [4.78, 5) is 23.7. The Bertz CT molecular complexity index is 464. The van der Waals surface area contributed by atoms with Gasteiger partial charge in [-0.2, -0.15) is 0 Å². The third-order valence-corrected chi connectivity index (χ3v) is 3.31. The molecule has 0 aromatic heterocycles. The Labute approximate surface area is 118 Å². The van der Waals surface area contributed by atoms with Crippen LogP contribution >= 0.6 is 22.6 Å². The molecule has 7 heteroatoms. The average Bonchev–Trinajstić information content (AvgIpc) is 2.35. The summed E-state index contributed by atoms with van der Waals surface area (Å²) in [5.41, 5.74) is 0.252. The van der Waals surface area contributed by atoms with Gasteiger partial charge in [-0.05, 0) is 28.7 Å². The maximum Gasteiger partial charge on any atom is 0.270 e. The lowest BCUT2D eigenvalue weighted by molar-refractivity contribution is -0.384. The number of nitro benzene ring substituents is 1. The largest absolute Gasteiger partial charge is 0.383 e. The molecule has 0 unspecified atom stereocenters. The number of non-ortho nitro benzene ring substituents is 1. The van der Waals surface area contributed by atoms with Gasteiger partial charge in [-0.15, -0.1) is 0 Å². The summed E-state index contributed by atoms with van der Waals surface area (Å²) in [6.07, 6.45) is 0. The Morgan fingerprint density at radius 3 is 2.78 bits per heavy atom. The maximum absolute atomic E-state index is 12.1. The van der Waals surface area contributed by atoms with Gasteiger partial charge in [0.15, 0.2) is 0 Å². The van der Waals surface area contributed by atoms with Gasteiger partial charge in [0.2, 0.25) is 0 Å². The van der Waals surface area contributed by atoms with Crippen LogP contribution in [0.25, 0.3) is 0 Å². The maximum atomic E-state index is 12.1. The molecular weight excluding hydrogens is 351 g/mol. The Morgan fingerprint density at radius 2 is 2.22 bits per heavy atom. The van der Waals surface area contributed by atoms with E-state index in [1.807, 2.05) is 22.6 Å². The second-order valence-electron chi connectivity index (χ2n) is 3.64. The van der Waals surface area contributed by atoms with E-state index in [-0.39, 0.29) is 11.6 Å². The van der Waals surface area contributed by atoms with Gasteiger partial charge < -0.3 is 9.64 Å².